The molecule has 0 saturated heterocycles. The molecule has 0 heterocycles. The Hall–Kier alpha value is -1.91. The number of hydrogen-bond acceptors (Lipinski definition) is 1. The summed E-state index contributed by atoms with van der Waals surface area (Å²) >= 11 is 6.90. The number of rotatable bonds is 5. The van der Waals surface area contributed by atoms with Gasteiger partial charge in [-0.25, -0.2) is 0 Å². The first kappa shape index (κ1) is 17.9. The number of benzene rings is 3. The molecule has 0 aliphatic carbocycles. The van der Waals surface area contributed by atoms with Crippen LogP contribution in [0.5, 0.6) is 0 Å². The van der Waals surface area contributed by atoms with Crippen molar-refractivity contribution in [1.82, 2.24) is 0 Å². The molecule has 0 atom stereocenters. The maximum absolute atomic E-state index is 12.6. The summed E-state index contributed by atoms with van der Waals surface area (Å²) < 4.78 is 1.87. The third kappa shape index (κ3) is 4.80. The predicted molar refractivity (Wildman–Crippen MR) is 110 cm³/mol. The number of nitrogens with one attached hydrogen (secondary N) is 1. The Morgan fingerprint density at radius 2 is 1.36 bits per heavy atom. The second kappa shape index (κ2) is 8.45. The van der Waals surface area contributed by atoms with E-state index in [2.05, 4.69) is 61.4 Å². The molecule has 0 unspecified atom stereocenters. The van der Waals surface area contributed by atoms with Gasteiger partial charge in [0.15, 0.2) is 0 Å². The van der Waals surface area contributed by atoms with Gasteiger partial charge >= 0.3 is 0 Å². The Morgan fingerprint density at radius 1 is 0.800 bits per heavy atom. The molecule has 1 N–H and O–H groups in total. The zero-order valence-electron chi connectivity index (χ0n) is 13.5. The minimum atomic E-state index is -0.00747. The maximum atomic E-state index is 12.6. The van der Waals surface area contributed by atoms with Crippen LogP contribution in [0.15, 0.2) is 87.8 Å². The second-order valence-electron chi connectivity index (χ2n) is 5.76. The van der Waals surface area contributed by atoms with E-state index in [0.717, 1.165) is 25.8 Å². The lowest BCUT2D eigenvalue weighted by molar-refractivity contribution is -0.116. The van der Waals surface area contributed by atoms with Gasteiger partial charge in [0.2, 0.25) is 5.91 Å². The van der Waals surface area contributed by atoms with Crippen molar-refractivity contribution in [2.75, 3.05) is 5.32 Å². The van der Waals surface area contributed by atoms with Crippen molar-refractivity contribution in [3.05, 3.63) is 98.9 Å². The van der Waals surface area contributed by atoms with Crippen molar-refractivity contribution in [2.45, 2.75) is 12.3 Å². The lowest BCUT2D eigenvalue weighted by atomic mass is 9.88. The van der Waals surface area contributed by atoms with Crippen LogP contribution in [0.2, 0.25) is 0 Å². The number of anilines is 1. The van der Waals surface area contributed by atoms with Crippen molar-refractivity contribution in [1.29, 1.82) is 0 Å². The number of carbonyl (C=O) groups excluding carboxylic acids is 1. The molecule has 3 aromatic rings. The summed E-state index contributed by atoms with van der Waals surface area (Å²) in [6.45, 7) is 0. The Kier molecular flexibility index (Phi) is 6.05. The fraction of sp³-hybridized carbons (Fsp3) is 0.0952. The Morgan fingerprint density at radius 3 is 1.88 bits per heavy atom. The zero-order valence-corrected chi connectivity index (χ0v) is 16.6. The molecule has 126 valence electrons. The van der Waals surface area contributed by atoms with Gasteiger partial charge in [-0.3, -0.25) is 4.79 Å². The predicted octanol–water partition coefficient (Wildman–Crippen LogP) is 6.37. The molecule has 0 aliphatic rings. The Balaban J connectivity index is 1.80. The molecule has 25 heavy (non-hydrogen) atoms. The molecule has 3 aromatic carbocycles. The maximum Gasteiger partial charge on any atom is 0.225 e. The van der Waals surface area contributed by atoms with Crippen LogP contribution in [0.4, 0.5) is 5.69 Å². The highest BCUT2D eigenvalue weighted by Crippen LogP contribution is 2.29. The van der Waals surface area contributed by atoms with Crippen molar-refractivity contribution < 1.29 is 4.79 Å². The van der Waals surface area contributed by atoms with E-state index in [-0.39, 0.29) is 11.8 Å². The fourth-order valence-corrected chi connectivity index (χ4v) is 3.40. The Bertz CT molecular complexity index is 811. The monoisotopic (exact) mass is 457 g/mol. The van der Waals surface area contributed by atoms with Crippen molar-refractivity contribution in [3.8, 4) is 0 Å². The SMILES string of the molecule is O=C(CC(c1ccccc1)c1ccccc1)Nc1ccc(Br)c(Br)c1. The highest BCUT2D eigenvalue weighted by atomic mass is 79.9. The lowest BCUT2D eigenvalue weighted by Crippen LogP contribution is -2.16. The van der Waals surface area contributed by atoms with Crippen LogP contribution in [-0.2, 0) is 4.79 Å². The molecule has 4 heteroatoms. The largest absolute Gasteiger partial charge is 0.326 e. The summed E-state index contributed by atoms with van der Waals surface area (Å²) in [5, 5.41) is 2.99. The molecule has 0 aliphatic heterocycles. The van der Waals surface area contributed by atoms with Gasteiger partial charge in [0.05, 0.1) is 0 Å². The smallest absolute Gasteiger partial charge is 0.225 e. The molecule has 0 spiro atoms. The highest BCUT2D eigenvalue weighted by molar-refractivity contribution is 9.13. The van der Waals surface area contributed by atoms with Gasteiger partial charge in [0.25, 0.3) is 0 Å². The second-order valence-corrected chi connectivity index (χ2v) is 7.46. The van der Waals surface area contributed by atoms with E-state index in [1.807, 2.05) is 54.6 Å². The lowest BCUT2D eigenvalue weighted by Gasteiger charge is -2.18. The van der Waals surface area contributed by atoms with Gasteiger partial charge in [0, 0.05) is 27.0 Å². The minimum Gasteiger partial charge on any atom is -0.326 e. The standard InChI is InChI=1S/C21H17Br2NO/c22-19-12-11-17(13-20(19)23)24-21(25)14-18(15-7-3-1-4-8-15)16-9-5-2-6-10-16/h1-13,18H,14H2,(H,24,25). The number of amides is 1. The van der Waals surface area contributed by atoms with E-state index in [4.69, 9.17) is 0 Å². The first-order valence-electron chi connectivity index (χ1n) is 7.98. The van der Waals surface area contributed by atoms with E-state index >= 15 is 0 Å². The van der Waals surface area contributed by atoms with E-state index in [9.17, 15) is 4.79 Å². The van der Waals surface area contributed by atoms with Crippen molar-refractivity contribution in [3.63, 3.8) is 0 Å². The molecule has 0 fully saturated rings. The van der Waals surface area contributed by atoms with Gasteiger partial charge in [-0.1, -0.05) is 60.7 Å². The average Bonchev–Trinajstić information content (AvgIpc) is 2.64. The van der Waals surface area contributed by atoms with Gasteiger partial charge in [-0.15, -0.1) is 0 Å². The summed E-state index contributed by atoms with van der Waals surface area (Å²) in [6.07, 6.45) is 0.391. The van der Waals surface area contributed by atoms with Crippen LogP contribution >= 0.6 is 31.9 Å². The van der Waals surface area contributed by atoms with E-state index in [1.165, 1.54) is 0 Å². The van der Waals surface area contributed by atoms with Crippen molar-refractivity contribution >= 4 is 43.5 Å². The zero-order chi connectivity index (χ0) is 17.6. The molecule has 0 aromatic heterocycles. The first-order chi connectivity index (χ1) is 12.1. The normalized spacial score (nSPS) is 10.7. The molecule has 1 amide bonds. The van der Waals surface area contributed by atoms with Crippen LogP contribution in [0.3, 0.4) is 0 Å². The third-order valence-electron chi connectivity index (χ3n) is 4.00. The molecule has 0 saturated carbocycles. The minimum absolute atomic E-state index is 0.00747. The molecular weight excluding hydrogens is 442 g/mol. The molecule has 3 rings (SSSR count). The molecule has 2 nitrogen and oxygen atoms in total. The van der Waals surface area contributed by atoms with Crippen LogP contribution in [0.1, 0.15) is 23.5 Å². The Labute approximate surface area is 164 Å². The van der Waals surface area contributed by atoms with Gasteiger partial charge < -0.3 is 5.32 Å². The van der Waals surface area contributed by atoms with Crippen LogP contribution in [0, 0.1) is 0 Å². The summed E-state index contributed by atoms with van der Waals surface area (Å²) in [5.74, 6) is 0.0215. The van der Waals surface area contributed by atoms with Crippen LogP contribution < -0.4 is 5.32 Å². The van der Waals surface area contributed by atoms with Gasteiger partial charge in [-0.05, 0) is 61.2 Å². The van der Waals surface area contributed by atoms with E-state index in [0.29, 0.717) is 6.42 Å². The summed E-state index contributed by atoms with van der Waals surface area (Å²) in [6, 6.07) is 26.0. The van der Waals surface area contributed by atoms with E-state index < -0.39 is 0 Å². The molecule has 0 radical (unpaired) electrons. The summed E-state index contributed by atoms with van der Waals surface area (Å²) in [5.41, 5.74) is 3.06. The van der Waals surface area contributed by atoms with Crippen molar-refractivity contribution in [2.24, 2.45) is 0 Å². The number of carbonyl (C=O) groups is 1. The third-order valence-corrected chi connectivity index (χ3v) is 5.88. The summed E-state index contributed by atoms with van der Waals surface area (Å²) in [4.78, 5) is 12.6. The summed E-state index contributed by atoms with van der Waals surface area (Å²) in [7, 11) is 0. The highest BCUT2D eigenvalue weighted by Gasteiger charge is 2.18. The molecular formula is C21H17Br2NO. The van der Waals surface area contributed by atoms with Gasteiger partial charge in [0.1, 0.15) is 0 Å². The topological polar surface area (TPSA) is 29.1 Å². The molecule has 0 bridgehead atoms. The first-order valence-corrected chi connectivity index (χ1v) is 9.57. The average molecular weight is 459 g/mol. The van der Waals surface area contributed by atoms with Crippen LogP contribution in [-0.4, -0.2) is 5.91 Å². The quantitative estimate of drug-likeness (QED) is 0.472. The number of hydrogen-bond donors (Lipinski definition) is 1. The van der Waals surface area contributed by atoms with Crippen LogP contribution in [0.25, 0.3) is 0 Å². The van der Waals surface area contributed by atoms with E-state index in [1.54, 1.807) is 0 Å². The number of halogens is 2. The van der Waals surface area contributed by atoms with Gasteiger partial charge in [-0.2, -0.15) is 0 Å². The fourth-order valence-electron chi connectivity index (χ4n) is 2.77.